The second-order valence-corrected chi connectivity index (χ2v) is 5.63. The lowest BCUT2D eigenvalue weighted by Crippen LogP contribution is -2.36. The highest BCUT2D eigenvalue weighted by Crippen LogP contribution is 2.37. The van der Waals surface area contributed by atoms with Crippen molar-refractivity contribution in [2.24, 2.45) is 11.3 Å². The first-order valence-corrected chi connectivity index (χ1v) is 7.88. The second-order valence-electron chi connectivity index (χ2n) is 5.63. The maximum atomic E-state index is 12.4. The molecule has 21 heavy (non-hydrogen) atoms. The number of carbonyl (C=O) groups excluding carboxylic acids is 2. The summed E-state index contributed by atoms with van der Waals surface area (Å²) in [6.45, 7) is 10.5. The van der Waals surface area contributed by atoms with Gasteiger partial charge >= 0.3 is 12.1 Å². The van der Waals surface area contributed by atoms with Crippen molar-refractivity contribution in [3.05, 3.63) is 0 Å². The van der Waals surface area contributed by atoms with Crippen LogP contribution in [0.2, 0.25) is 0 Å². The topological polar surface area (TPSA) is 61.8 Å². The first-order valence-electron chi connectivity index (χ1n) is 7.88. The molecule has 0 radical (unpaired) electrons. The molecule has 0 saturated heterocycles. The van der Waals surface area contributed by atoms with Crippen LogP contribution in [0.25, 0.3) is 0 Å². The fraction of sp³-hybridized carbons (Fsp3) is 0.875. The number of hydrogen-bond donors (Lipinski definition) is 0. The van der Waals surface area contributed by atoms with Gasteiger partial charge in [0.2, 0.25) is 0 Å². The Morgan fingerprint density at radius 2 is 1.57 bits per heavy atom. The van der Waals surface area contributed by atoms with Gasteiger partial charge in [-0.2, -0.15) is 0 Å². The van der Waals surface area contributed by atoms with Gasteiger partial charge in [-0.05, 0) is 39.0 Å². The van der Waals surface area contributed by atoms with E-state index in [2.05, 4.69) is 13.8 Å². The molecule has 0 rings (SSSR count). The Hall–Kier alpha value is -1.26. The molecule has 124 valence electrons. The molecule has 0 aromatic heterocycles. The Labute approximate surface area is 128 Å². The molecule has 0 bridgehead atoms. The average Bonchev–Trinajstić information content (AvgIpc) is 2.38. The molecular formula is C16H30O5. The summed E-state index contributed by atoms with van der Waals surface area (Å²) < 4.78 is 15.0. The summed E-state index contributed by atoms with van der Waals surface area (Å²) in [6, 6.07) is 0. The van der Waals surface area contributed by atoms with Crippen molar-refractivity contribution in [2.75, 3.05) is 19.8 Å². The van der Waals surface area contributed by atoms with Gasteiger partial charge in [0.25, 0.3) is 0 Å². The van der Waals surface area contributed by atoms with E-state index in [0.717, 1.165) is 19.3 Å². The smallest absolute Gasteiger partial charge is 0.466 e. The SMILES string of the molecule is CCCC(CCOC(=O)OCC)(CC(C)C)C(=O)OCC. The first-order chi connectivity index (χ1) is 9.91. The largest absolute Gasteiger partial charge is 0.508 e. The summed E-state index contributed by atoms with van der Waals surface area (Å²) in [6.07, 6.45) is 2.13. The van der Waals surface area contributed by atoms with Crippen LogP contribution in [0.5, 0.6) is 0 Å². The maximum Gasteiger partial charge on any atom is 0.508 e. The van der Waals surface area contributed by atoms with E-state index in [1.54, 1.807) is 13.8 Å². The number of hydrogen-bond acceptors (Lipinski definition) is 5. The summed E-state index contributed by atoms with van der Waals surface area (Å²) in [7, 11) is 0. The molecule has 0 aromatic carbocycles. The van der Waals surface area contributed by atoms with Crippen LogP contribution in [0.15, 0.2) is 0 Å². The van der Waals surface area contributed by atoms with Crippen LogP contribution in [-0.2, 0) is 19.0 Å². The van der Waals surface area contributed by atoms with E-state index >= 15 is 0 Å². The molecule has 0 aliphatic heterocycles. The van der Waals surface area contributed by atoms with Crippen LogP contribution in [0.1, 0.15) is 60.3 Å². The van der Waals surface area contributed by atoms with E-state index in [0.29, 0.717) is 18.9 Å². The van der Waals surface area contributed by atoms with Crippen molar-refractivity contribution in [2.45, 2.75) is 60.3 Å². The first kappa shape index (κ1) is 19.7. The number of ether oxygens (including phenoxy) is 3. The zero-order valence-electron chi connectivity index (χ0n) is 14.1. The van der Waals surface area contributed by atoms with Crippen LogP contribution in [0, 0.1) is 11.3 Å². The average molecular weight is 302 g/mol. The van der Waals surface area contributed by atoms with Crippen LogP contribution < -0.4 is 0 Å². The van der Waals surface area contributed by atoms with Crippen molar-refractivity contribution in [3.8, 4) is 0 Å². The molecule has 0 aliphatic carbocycles. The van der Waals surface area contributed by atoms with Crippen LogP contribution in [0.3, 0.4) is 0 Å². The molecule has 0 aromatic rings. The molecule has 0 spiro atoms. The normalized spacial score (nSPS) is 13.6. The molecule has 1 unspecified atom stereocenters. The summed E-state index contributed by atoms with van der Waals surface area (Å²) in [5.41, 5.74) is -0.578. The highest BCUT2D eigenvalue weighted by atomic mass is 16.7. The lowest BCUT2D eigenvalue weighted by molar-refractivity contribution is -0.158. The van der Waals surface area contributed by atoms with E-state index in [1.165, 1.54) is 0 Å². The van der Waals surface area contributed by atoms with Gasteiger partial charge in [0.15, 0.2) is 0 Å². The third kappa shape index (κ3) is 7.34. The Balaban J connectivity index is 4.82. The van der Waals surface area contributed by atoms with Crippen molar-refractivity contribution < 1.29 is 23.8 Å². The van der Waals surface area contributed by atoms with E-state index in [-0.39, 0.29) is 19.2 Å². The molecule has 5 heteroatoms. The van der Waals surface area contributed by atoms with Crippen LogP contribution in [0.4, 0.5) is 4.79 Å². The van der Waals surface area contributed by atoms with Gasteiger partial charge < -0.3 is 14.2 Å². The van der Waals surface area contributed by atoms with Gasteiger partial charge in [-0.1, -0.05) is 27.2 Å². The molecule has 0 fully saturated rings. The van der Waals surface area contributed by atoms with Gasteiger partial charge in [0, 0.05) is 0 Å². The lowest BCUT2D eigenvalue weighted by atomic mass is 9.74. The summed E-state index contributed by atoms with van der Waals surface area (Å²) >= 11 is 0. The van der Waals surface area contributed by atoms with E-state index < -0.39 is 11.6 Å². The minimum atomic E-state index is -0.684. The van der Waals surface area contributed by atoms with Gasteiger partial charge in [-0.25, -0.2) is 4.79 Å². The molecule has 0 saturated carbocycles. The van der Waals surface area contributed by atoms with Crippen molar-refractivity contribution in [1.82, 2.24) is 0 Å². The van der Waals surface area contributed by atoms with Crippen molar-refractivity contribution in [1.29, 1.82) is 0 Å². The molecule has 0 N–H and O–H groups in total. The van der Waals surface area contributed by atoms with Gasteiger partial charge in [-0.3, -0.25) is 4.79 Å². The van der Waals surface area contributed by atoms with E-state index in [1.807, 2.05) is 6.92 Å². The predicted octanol–water partition coefficient (Wildman–Crippen LogP) is 3.95. The van der Waals surface area contributed by atoms with Crippen LogP contribution in [-0.4, -0.2) is 31.9 Å². The highest BCUT2D eigenvalue weighted by molar-refractivity contribution is 5.77. The summed E-state index contributed by atoms with van der Waals surface area (Å²) in [5.74, 6) is 0.177. The molecule has 0 heterocycles. The van der Waals surface area contributed by atoms with Gasteiger partial charge in [0.1, 0.15) is 0 Å². The molecular weight excluding hydrogens is 272 g/mol. The zero-order chi connectivity index (χ0) is 16.3. The lowest BCUT2D eigenvalue weighted by Gasteiger charge is -2.32. The summed E-state index contributed by atoms with van der Waals surface area (Å²) in [5, 5.41) is 0. The third-order valence-electron chi connectivity index (χ3n) is 3.30. The monoisotopic (exact) mass is 302 g/mol. The Bertz CT molecular complexity index is 314. The Kier molecular flexibility index (Phi) is 9.84. The zero-order valence-corrected chi connectivity index (χ0v) is 14.1. The fourth-order valence-corrected chi connectivity index (χ4v) is 2.65. The van der Waals surface area contributed by atoms with Crippen molar-refractivity contribution in [3.63, 3.8) is 0 Å². The maximum absolute atomic E-state index is 12.4. The Morgan fingerprint density at radius 3 is 2.05 bits per heavy atom. The molecule has 5 nitrogen and oxygen atoms in total. The predicted molar refractivity (Wildman–Crippen MR) is 81.0 cm³/mol. The molecule has 0 aliphatic rings. The van der Waals surface area contributed by atoms with Crippen LogP contribution >= 0.6 is 0 Å². The van der Waals surface area contributed by atoms with E-state index in [9.17, 15) is 9.59 Å². The third-order valence-corrected chi connectivity index (χ3v) is 3.30. The number of rotatable bonds is 10. The summed E-state index contributed by atoms with van der Waals surface area (Å²) in [4.78, 5) is 23.6. The quantitative estimate of drug-likeness (QED) is 0.572. The second kappa shape index (κ2) is 10.5. The standard InChI is InChI=1S/C16H30O5/c1-6-9-16(12-13(4)5,14(17)19-7-2)10-11-21-15(18)20-8-3/h13H,6-12H2,1-5H3. The minimum absolute atomic E-state index is 0.171. The van der Waals surface area contributed by atoms with Crippen molar-refractivity contribution >= 4 is 12.1 Å². The highest BCUT2D eigenvalue weighted by Gasteiger charge is 2.39. The van der Waals surface area contributed by atoms with E-state index in [4.69, 9.17) is 14.2 Å². The minimum Gasteiger partial charge on any atom is -0.466 e. The molecule has 1 atom stereocenters. The number of esters is 1. The van der Waals surface area contributed by atoms with Gasteiger partial charge in [-0.15, -0.1) is 0 Å². The van der Waals surface area contributed by atoms with Gasteiger partial charge in [0.05, 0.1) is 25.2 Å². The fourth-order valence-electron chi connectivity index (χ4n) is 2.65. The molecule has 0 amide bonds. The Morgan fingerprint density at radius 1 is 0.952 bits per heavy atom. The number of carbonyl (C=O) groups is 2.